The Balaban J connectivity index is 5.51. The van der Waals surface area contributed by atoms with E-state index in [1.807, 2.05) is 0 Å². The molecule has 0 nitrogen and oxygen atoms in total. The molecule has 0 heterocycles. The largest absolute Gasteiger partial charge is 0.431 e. The van der Waals surface area contributed by atoms with E-state index in [0.717, 1.165) is 0 Å². The molecule has 22 heavy (non-hydrogen) atoms. The average molecular weight is 356 g/mol. The van der Waals surface area contributed by atoms with E-state index >= 15 is 0 Å². The third-order valence-corrected chi connectivity index (χ3v) is 2.62. The summed E-state index contributed by atoms with van der Waals surface area (Å²) in [4.78, 5) is 0. The Morgan fingerprint density at radius 1 is 0.727 bits per heavy atom. The van der Waals surface area contributed by atoms with Crippen molar-refractivity contribution in [1.29, 1.82) is 0 Å². The first kappa shape index (κ1) is 20.9. The first-order valence-electron chi connectivity index (χ1n) is 5.27. The molecule has 0 aromatic heterocycles. The van der Waals surface area contributed by atoms with Crippen molar-refractivity contribution in [2.24, 2.45) is 5.92 Å². The normalized spacial score (nSPS) is 16.5. The molecule has 1 atom stereocenters. The molecule has 0 spiro atoms. The molecule has 12 heteroatoms. The molecule has 0 aliphatic heterocycles. The Morgan fingerprint density at radius 3 is 1.32 bits per heavy atom. The van der Waals surface area contributed by atoms with Gasteiger partial charge in [-0.2, -0.15) is 39.5 Å². The summed E-state index contributed by atoms with van der Waals surface area (Å²) in [5, 5.41) is 0. The second kappa shape index (κ2) is 5.84. The van der Waals surface area contributed by atoms with Gasteiger partial charge in [-0.15, -0.1) is 6.58 Å². The fraction of sp³-hybridized carbons (Fsp3) is 0.800. The number of alkyl halides is 12. The predicted octanol–water partition coefficient (Wildman–Crippen LogP) is 5.60. The Hall–Kier alpha value is -1.10. The molecule has 0 bridgehead atoms. The van der Waals surface area contributed by atoms with Crippen molar-refractivity contribution in [3.63, 3.8) is 0 Å². The third-order valence-electron chi connectivity index (χ3n) is 2.62. The Morgan fingerprint density at radius 2 is 1.09 bits per heavy atom. The zero-order valence-corrected chi connectivity index (χ0v) is 10.3. The molecule has 132 valence electrons. The molecule has 0 aromatic rings. The van der Waals surface area contributed by atoms with Gasteiger partial charge in [0.15, 0.2) is 0 Å². The zero-order chi connectivity index (χ0) is 18.2. The lowest BCUT2D eigenvalue weighted by molar-refractivity contribution is -0.355. The van der Waals surface area contributed by atoms with E-state index in [9.17, 15) is 52.7 Å². The van der Waals surface area contributed by atoms with Crippen LogP contribution in [0.3, 0.4) is 0 Å². The summed E-state index contributed by atoms with van der Waals surface area (Å²) in [5.41, 5.74) is -6.33. The number of rotatable bonds is 5. The minimum Gasteiger partial charge on any atom is -0.223 e. The molecule has 0 aliphatic carbocycles. The lowest BCUT2D eigenvalue weighted by Crippen LogP contribution is -2.56. The molecule has 1 unspecified atom stereocenters. The van der Waals surface area contributed by atoms with Gasteiger partial charge in [0.1, 0.15) is 0 Å². The molecule has 0 aliphatic rings. The standard InChI is InChI=1S/C10H8F12/c1-2-5(8(14,15)16)3-6(11,12)4-7(13,9(17,18)19)10(20,21)22/h2,5H,1,3-4H2. The minimum atomic E-state index is -6.77. The number of hydrogen-bond donors (Lipinski definition) is 0. The summed E-state index contributed by atoms with van der Waals surface area (Å²) in [6, 6.07) is 0. The molecule has 0 fully saturated rings. The second-order valence-electron chi connectivity index (χ2n) is 4.42. The SMILES string of the molecule is C=CC(CC(F)(F)CC(F)(C(F)(F)F)C(F)(F)F)C(F)(F)F. The van der Waals surface area contributed by atoms with Crippen LogP contribution in [-0.4, -0.2) is 30.1 Å². The highest BCUT2D eigenvalue weighted by Crippen LogP contribution is 2.52. The van der Waals surface area contributed by atoms with Gasteiger partial charge in [-0.05, 0) is 0 Å². The lowest BCUT2D eigenvalue weighted by atomic mass is 9.90. The summed E-state index contributed by atoms with van der Waals surface area (Å²) >= 11 is 0. The Labute approximate surface area is 115 Å². The molecule has 0 saturated carbocycles. The summed E-state index contributed by atoms with van der Waals surface area (Å²) in [7, 11) is 0. The van der Waals surface area contributed by atoms with E-state index in [4.69, 9.17) is 0 Å². The maximum Gasteiger partial charge on any atom is 0.431 e. The van der Waals surface area contributed by atoms with Crippen LogP contribution in [0.1, 0.15) is 12.8 Å². The molecular weight excluding hydrogens is 348 g/mol. The Kier molecular flexibility index (Phi) is 5.54. The molecule has 0 rings (SSSR count). The van der Waals surface area contributed by atoms with Crippen LogP contribution in [0.15, 0.2) is 12.7 Å². The van der Waals surface area contributed by atoms with E-state index in [0.29, 0.717) is 0 Å². The van der Waals surface area contributed by atoms with Gasteiger partial charge in [-0.3, -0.25) is 0 Å². The summed E-state index contributed by atoms with van der Waals surface area (Å²) in [6.07, 6.45) is -25.0. The van der Waals surface area contributed by atoms with E-state index in [1.165, 1.54) is 0 Å². The first-order valence-corrected chi connectivity index (χ1v) is 5.27. The highest BCUT2D eigenvalue weighted by Gasteiger charge is 2.75. The fourth-order valence-electron chi connectivity index (χ4n) is 1.44. The van der Waals surface area contributed by atoms with Gasteiger partial charge in [0, 0.05) is 6.42 Å². The highest BCUT2D eigenvalue weighted by atomic mass is 19.4. The van der Waals surface area contributed by atoms with E-state index < -0.39 is 48.9 Å². The first-order chi connectivity index (χ1) is 9.37. The van der Waals surface area contributed by atoms with Crippen molar-refractivity contribution in [1.82, 2.24) is 0 Å². The maximum absolute atomic E-state index is 13.2. The number of halogens is 12. The smallest absolute Gasteiger partial charge is 0.223 e. The van der Waals surface area contributed by atoms with Crippen LogP contribution in [0.5, 0.6) is 0 Å². The minimum absolute atomic E-state index is 0.116. The Bertz CT molecular complexity index is 370. The molecule has 0 N–H and O–H groups in total. The summed E-state index contributed by atoms with van der Waals surface area (Å²) < 4.78 is 149. The molecule has 0 radical (unpaired) electrons. The molecule has 0 aromatic carbocycles. The summed E-state index contributed by atoms with van der Waals surface area (Å²) in [5.74, 6) is -8.32. The monoisotopic (exact) mass is 356 g/mol. The highest BCUT2D eigenvalue weighted by molar-refractivity contribution is 5.00. The maximum atomic E-state index is 13.2. The molecule has 0 amide bonds. The zero-order valence-electron chi connectivity index (χ0n) is 10.3. The van der Waals surface area contributed by atoms with E-state index in [-0.39, 0.29) is 6.08 Å². The quantitative estimate of drug-likeness (QED) is 0.444. The van der Waals surface area contributed by atoms with Crippen molar-refractivity contribution < 1.29 is 52.7 Å². The van der Waals surface area contributed by atoms with Gasteiger partial charge < -0.3 is 0 Å². The number of allylic oxidation sites excluding steroid dienone is 1. The van der Waals surface area contributed by atoms with E-state index in [2.05, 4.69) is 6.58 Å². The van der Waals surface area contributed by atoms with Gasteiger partial charge in [0.25, 0.3) is 5.92 Å². The van der Waals surface area contributed by atoms with Gasteiger partial charge in [0.2, 0.25) is 0 Å². The van der Waals surface area contributed by atoms with Crippen LogP contribution in [0, 0.1) is 5.92 Å². The molecular formula is C10H8F12. The second-order valence-corrected chi connectivity index (χ2v) is 4.42. The van der Waals surface area contributed by atoms with Crippen LogP contribution in [-0.2, 0) is 0 Å². The lowest BCUT2D eigenvalue weighted by Gasteiger charge is -2.33. The van der Waals surface area contributed by atoms with Gasteiger partial charge in [-0.25, -0.2) is 13.2 Å². The number of hydrogen-bond acceptors (Lipinski definition) is 0. The summed E-state index contributed by atoms with van der Waals surface area (Å²) in [6.45, 7) is 2.51. The van der Waals surface area contributed by atoms with E-state index in [1.54, 1.807) is 0 Å². The van der Waals surface area contributed by atoms with Crippen molar-refractivity contribution in [2.75, 3.05) is 0 Å². The van der Waals surface area contributed by atoms with Gasteiger partial charge in [0.05, 0.1) is 12.3 Å². The van der Waals surface area contributed by atoms with Crippen molar-refractivity contribution in [2.45, 2.75) is 43.0 Å². The van der Waals surface area contributed by atoms with Crippen LogP contribution in [0.2, 0.25) is 0 Å². The average Bonchev–Trinajstić information content (AvgIpc) is 2.20. The van der Waals surface area contributed by atoms with Crippen molar-refractivity contribution in [3.05, 3.63) is 12.7 Å². The van der Waals surface area contributed by atoms with Crippen LogP contribution >= 0.6 is 0 Å². The molecule has 0 saturated heterocycles. The predicted molar refractivity (Wildman–Crippen MR) is 49.9 cm³/mol. The topological polar surface area (TPSA) is 0 Å². The van der Waals surface area contributed by atoms with Gasteiger partial charge >= 0.3 is 24.2 Å². The van der Waals surface area contributed by atoms with Crippen LogP contribution in [0.4, 0.5) is 52.7 Å². The van der Waals surface area contributed by atoms with Gasteiger partial charge in [-0.1, -0.05) is 6.08 Å². The fourth-order valence-corrected chi connectivity index (χ4v) is 1.44. The van der Waals surface area contributed by atoms with Crippen LogP contribution in [0.25, 0.3) is 0 Å². The van der Waals surface area contributed by atoms with Crippen LogP contribution < -0.4 is 0 Å². The third kappa shape index (κ3) is 4.70. The van der Waals surface area contributed by atoms with Crippen molar-refractivity contribution >= 4 is 0 Å². The van der Waals surface area contributed by atoms with Crippen molar-refractivity contribution in [3.8, 4) is 0 Å².